The van der Waals surface area contributed by atoms with Crippen molar-refractivity contribution in [1.29, 1.82) is 0 Å². The minimum atomic E-state index is 0.123. The molecular formula is C15H10INOS. The predicted octanol–water partition coefficient (Wildman–Crippen LogP) is 4.33. The summed E-state index contributed by atoms with van der Waals surface area (Å²) >= 11 is 3.81. The van der Waals surface area contributed by atoms with E-state index in [2.05, 4.69) is 27.6 Å². The summed E-state index contributed by atoms with van der Waals surface area (Å²) in [7, 11) is 0. The topological polar surface area (TPSA) is 30.0 Å². The van der Waals surface area contributed by atoms with Crippen LogP contribution in [0.15, 0.2) is 48.5 Å². The molecule has 0 saturated heterocycles. The van der Waals surface area contributed by atoms with Crippen LogP contribution < -0.4 is 0 Å². The molecule has 0 radical (unpaired) electrons. The van der Waals surface area contributed by atoms with E-state index in [4.69, 9.17) is 0 Å². The van der Waals surface area contributed by atoms with Crippen molar-refractivity contribution in [3.8, 4) is 0 Å². The molecule has 0 bridgehead atoms. The average molecular weight is 379 g/mol. The quantitative estimate of drug-likeness (QED) is 0.501. The highest BCUT2D eigenvalue weighted by molar-refractivity contribution is 14.1. The van der Waals surface area contributed by atoms with Crippen LogP contribution in [0, 0.1) is 3.57 Å². The lowest BCUT2D eigenvalue weighted by Gasteiger charge is -1.99. The number of rotatable bonds is 3. The maximum atomic E-state index is 12.2. The minimum absolute atomic E-state index is 0.123. The molecule has 0 aliphatic carbocycles. The third-order valence-electron chi connectivity index (χ3n) is 2.80. The zero-order chi connectivity index (χ0) is 13.2. The standard InChI is InChI=1S/C15H10INOS/c16-11-5-3-4-10(8-11)13(18)9-15-17-12-6-1-2-7-14(12)19-15/h1-8H,9H2. The van der Waals surface area contributed by atoms with Crippen molar-refractivity contribution in [2.45, 2.75) is 6.42 Å². The number of carbonyl (C=O) groups excluding carboxylic acids is 1. The van der Waals surface area contributed by atoms with E-state index in [-0.39, 0.29) is 5.78 Å². The fourth-order valence-electron chi connectivity index (χ4n) is 1.90. The van der Waals surface area contributed by atoms with Gasteiger partial charge in [0.25, 0.3) is 0 Å². The van der Waals surface area contributed by atoms with Crippen LogP contribution in [0.4, 0.5) is 0 Å². The van der Waals surface area contributed by atoms with Crippen molar-refractivity contribution in [1.82, 2.24) is 4.98 Å². The van der Waals surface area contributed by atoms with Gasteiger partial charge in [0.15, 0.2) is 5.78 Å². The molecule has 0 fully saturated rings. The first-order valence-corrected chi connectivity index (χ1v) is 7.75. The molecule has 4 heteroatoms. The number of Topliss-reactive ketones (excluding diaryl/α,β-unsaturated/α-hetero) is 1. The van der Waals surface area contributed by atoms with Gasteiger partial charge in [-0.15, -0.1) is 11.3 Å². The van der Waals surface area contributed by atoms with Crippen LogP contribution in [0.2, 0.25) is 0 Å². The monoisotopic (exact) mass is 379 g/mol. The molecule has 3 aromatic rings. The SMILES string of the molecule is O=C(Cc1nc2ccccc2s1)c1cccc(I)c1. The lowest BCUT2D eigenvalue weighted by molar-refractivity contribution is 0.0993. The van der Waals surface area contributed by atoms with E-state index in [9.17, 15) is 4.79 Å². The van der Waals surface area contributed by atoms with Gasteiger partial charge in [0.1, 0.15) is 5.01 Å². The molecule has 19 heavy (non-hydrogen) atoms. The molecule has 0 aliphatic heterocycles. The molecule has 94 valence electrons. The number of benzene rings is 2. The van der Waals surface area contributed by atoms with Gasteiger partial charge in [-0.25, -0.2) is 4.98 Å². The maximum Gasteiger partial charge on any atom is 0.169 e. The van der Waals surface area contributed by atoms with E-state index in [0.717, 1.165) is 24.4 Å². The molecule has 0 spiro atoms. The molecule has 0 aliphatic rings. The van der Waals surface area contributed by atoms with Gasteiger partial charge in [-0.2, -0.15) is 0 Å². The second-order valence-electron chi connectivity index (χ2n) is 4.19. The molecule has 0 saturated carbocycles. The Labute approximate surface area is 128 Å². The van der Waals surface area contributed by atoms with E-state index >= 15 is 0 Å². The Bertz CT molecular complexity index is 717. The maximum absolute atomic E-state index is 12.2. The fourth-order valence-corrected chi connectivity index (χ4v) is 3.41. The van der Waals surface area contributed by atoms with Crippen LogP contribution in [0.5, 0.6) is 0 Å². The van der Waals surface area contributed by atoms with Crippen LogP contribution in [0.3, 0.4) is 0 Å². The normalized spacial score (nSPS) is 10.8. The number of ketones is 1. The Morgan fingerprint density at radius 3 is 2.79 bits per heavy atom. The van der Waals surface area contributed by atoms with E-state index < -0.39 is 0 Å². The van der Waals surface area contributed by atoms with Crippen molar-refractivity contribution in [2.24, 2.45) is 0 Å². The Morgan fingerprint density at radius 2 is 2.00 bits per heavy atom. The molecule has 2 nitrogen and oxygen atoms in total. The average Bonchev–Trinajstić information content (AvgIpc) is 2.80. The molecule has 0 atom stereocenters. The fraction of sp³-hybridized carbons (Fsp3) is 0.0667. The van der Waals surface area contributed by atoms with E-state index in [1.807, 2.05) is 48.5 Å². The number of thiazole rings is 1. The van der Waals surface area contributed by atoms with E-state index in [1.165, 1.54) is 0 Å². The Morgan fingerprint density at radius 1 is 1.16 bits per heavy atom. The number of nitrogens with zero attached hydrogens (tertiary/aromatic N) is 1. The number of hydrogen-bond acceptors (Lipinski definition) is 3. The van der Waals surface area contributed by atoms with Gasteiger partial charge in [0, 0.05) is 9.13 Å². The first kappa shape index (κ1) is 12.7. The molecule has 1 aromatic heterocycles. The number of hydrogen-bond donors (Lipinski definition) is 0. The van der Waals surface area contributed by atoms with E-state index in [0.29, 0.717) is 6.42 Å². The van der Waals surface area contributed by atoms with Gasteiger partial charge in [-0.1, -0.05) is 24.3 Å². The van der Waals surface area contributed by atoms with Crippen LogP contribution >= 0.6 is 33.9 Å². The summed E-state index contributed by atoms with van der Waals surface area (Å²) in [6, 6.07) is 15.6. The zero-order valence-corrected chi connectivity index (χ0v) is 12.9. The van der Waals surface area contributed by atoms with Gasteiger partial charge in [-0.05, 0) is 46.9 Å². The summed E-state index contributed by atoms with van der Waals surface area (Å²) < 4.78 is 2.21. The first-order chi connectivity index (χ1) is 9.22. The van der Waals surface area contributed by atoms with Gasteiger partial charge in [0.2, 0.25) is 0 Å². The Hall–Kier alpha value is -1.27. The summed E-state index contributed by atoms with van der Waals surface area (Å²) in [5.74, 6) is 0.123. The summed E-state index contributed by atoms with van der Waals surface area (Å²) in [6.07, 6.45) is 0.374. The van der Waals surface area contributed by atoms with Crippen molar-refractivity contribution < 1.29 is 4.79 Å². The summed E-state index contributed by atoms with van der Waals surface area (Å²) in [5, 5.41) is 0.880. The summed E-state index contributed by atoms with van der Waals surface area (Å²) in [6.45, 7) is 0. The lowest BCUT2D eigenvalue weighted by atomic mass is 10.1. The predicted molar refractivity (Wildman–Crippen MR) is 86.8 cm³/mol. The molecule has 0 amide bonds. The highest BCUT2D eigenvalue weighted by atomic mass is 127. The number of fused-ring (bicyclic) bond motifs is 1. The highest BCUT2D eigenvalue weighted by Gasteiger charge is 2.11. The highest BCUT2D eigenvalue weighted by Crippen LogP contribution is 2.22. The smallest absolute Gasteiger partial charge is 0.169 e. The van der Waals surface area contributed by atoms with Gasteiger partial charge >= 0.3 is 0 Å². The Balaban J connectivity index is 1.86. The number of halogens is 1. The van der Waals surface area contributed by atoms with Crippen LogP contribution in [-0.2, 0) is 6.42 Å². The van der Waals surface area contributed by atoms with Gasteiger partial charge < -0.3 is 0 Å². The lowest BCUT2D eigenvalue weighted by Crippen LogP contribution is -2.03. The van der Waals surface area contributed by atoms with Crippen LogP contribution in [0.1, 0.15) is 15.4 Å². The number of aromatic nitrogens is 1. The molecular weight excluding hydrogens is 369 g/mol. The number of carbonyl (C=O) groups is 1. The van der Waals surface area contributed by atoms with Crippen LogP contribution in [0.25, 0.3) is 10.2 Å². The van der Waals surface area contributed by atoms with Crippen LogP contribution in [-0.4, -0.2) is 10.8 Å². The van der Waals surface area contributed by atoms with E-state index in [1.54, 1.807) is 11.3 Å². The molecule has 0 unspecified atom stereocenters. The third-order valence-corrected chi connectivity index (χ3v) is 4.50. The molecule has 0 N–H and O–H groups in total. The first-order valence-electron chi connectivity index (χ1n) is 5.85. The Kier molecular flexibility index (Phi) is 3.61. The third kappa shape index (κ3) is 2.84. The molecule has 3 rings (SSSR count). The summed E-state index contributed by atoms with van der Waals surface area (Å²) in [5.41, 5.74) is 1.73. The molecule has 1 heterocycles. The van der Waals surface area contributed by atoms with Crippen molar-refractivity contribution in [3.05, 3.63) is 62.7 Å². The number of para-hydroxylation sites is 1. The van der Waals surface area contributed by atoms with Gasteiger partial charge in [0.05, 0.1) is 16.6 Å². The second-order valence-corrected chi connectivity index (χ2v) is 6.55. The minimum Gasteiger partial charge on any atom is -0.294 e. The van der Waals surface area contributed by atoms with Gasteiger partial charge in [-0.3, -0.25) is 4.79 Å². The molecule has 2 aromatic carbocycles. The second kappa shape index (κ2) is 5.38. The van der Waals surface area contributed by atoms with Crippen molar-refractivity contribution in [2.75, 3.05) is 0 Å². The summed E-state index contributed by atoms with van der Waals surface area (Å²) in [4.78, 5) is 16.7. The van der Waals surface area contributed by atoms with Crippen molar-refractivity contribution in [3.63, 3.8) is 0 Å². The van der Waals surface area contributed by atoms with Crippen molar-refractivity contribution >= 4 is 49.9 Å². The largest absolute Gasteiger partial charge is 0.294 e. The zero-order valence-electron chi connectivity index (χ0n) is 9.97.